The number of hydrogen-bond donors (Lipinski definition) is 2. The van der Waals surface area contributed by atoms with Crippen molar-refractivity contribution in [2.24, 2.45) is 5.41 Å². The molecule has 1 spiro atoms. The van der Waals surface area contributed by atoms with E-state index in [0.717, 1.165) is 30.4 Å². The van der Waals surface area contributed by atoms with Crippen LogP contribution in [0, 0.1) is 5.41 Å². The van der Waals surface area contributed by atoms with Crippen LogP contribution >= 0.6 is 35.3 Å². The molecule has 0 amide bonds. The molecule has 13 heteroatoms. The first kappa shape index (κ1) is 30.7. The molecule has 42 heavy (non-hydrogen) atoms. The summed E-state index contributed by atoms with van der Waals surface area (Å²) in [6.45, 7) is 1.34. The molecule has 3 atom stereocenters. The lowest BCUT2D eigenvalue weighted by molar-refractivity contribution is -0.198. The van der Waals surface area contributed by atoms with E-state index >= 15 is 0 Å². The van der Waals surface area contributed by atoms with Crippen LogP contribution in [0.2, 0.25) is 5.02 Å². The van der Waals surface area contributed by atoms with Crippen LogP contribution in [0.3, 0.4) is 0 Å². The molecule has 2 N–H and O–H groups in total. The molecule has 6 rings (SSSR count). The molecule has 0 radical (unpaired) electrons. The summed E-state index contributed by atoms with van der Waals surface area (Å²) in [6.07, 6.45) is 1.61. The molecule has 3 aliphatic rings. The Bertz CT molecular complexity index is 1560. The highest BCUT2D eigenvalue weighted by molar-refractivity contribution is 7.17. The van der Waals surface area contributed by atoms with Crippen LogP contribution in [0.15, 0.2) is 42.1 Å². The van der Waals surface area contributed by atoms with E-state index in [1.807, 2.05) is 11.5 Å². The van der Waals surface area contributed by atoms with Gasteiger partial charge in [-0.3, -0.25) is 4.79 Å². The van der Waals surface area contributed by atoms with Crippen molar-refractivity contribution in [3.05, 3.63) is 63.8 Å². The standard InChI is InChI=1S/C29H27ClF3N3O4S.ClH/c30-18-3-4-19(20(10-18)17-2-1-9-39-12-17)25(29(31,32)33)40-26-24-23(35-15-36-26)21(13-41-24)16-5-7-28(8-6-16)11-22(27(37)38)34-14-28;/h2-5,10,13,15,22,25,34H,1,6-9,11-12,14H2,(H,37,38);1H/t22?,25-,28?;/m1./s1. The van der Waals surface area contributed by atoms with Gasteiger partial charge in [0.2, 0.25) is 12.0 Å². The lowest BCUT2D eigenvalue weighted by Gasteiger charge is -2.31. The fraction of sp³-hybridized carbons (Fsp3) is 0.414. The normalized spacial score (nSPS) is 23.3. The number of nitrogens with one attached hydrogen (secondary N) is 1. The van der Waals surface area contributed by atoms with Crippen molar-refractivity contribution in [3.8, 4) is 5.88 Å². The molecule has 1 saturated heterocycles. The third kappa shape index (κ3) is 6.03. The summed E-state index contributed by atoms with van der Waals surface area (Å²) < 4.78 is 55.3. The van der Waals surface area contributed by atoms with E-state index in [1.165, 1.54) is 35.9 Å². The maximum atomic E-state index is 14.6. The minimum Gasteiger partial charge on any atom is -0.480 e. The van der Waals surface area contributed by atoms with Crippen LogP contribution in [0.4, 0.5) is 13.2 Å². The number of halogens is 5. The Morgan fingerprint density at radius 1 is 1.24 bits per heavy atom. The van der Waals surface area contributed by atoms with E-state index in [4.69, 9.17) is 21.1 Å². The summed E-state index contributed by atoms with van der Waals surface area (Å²) in [5.74, 6) is -0.975. The lowest BCUT2D eigenvalue weighted by Crippen LogP contribution is -2.30. The van der Waals surface area contributed by atoms with E-state index in [9.17, 15) is 23.1 Å². The van der Waals surface area contributed by atoms with E-state index in [2.05, 4.69) is 21.4 Å². The second kappa shape index (κ2) is 12.1. The van der Waals surface area contributed by atoms with Gasteiger partial charge in [0.15, 0.2) is 0 Å². The Morgan fingerprint density at radius 2 is 2.07 bits per heavy atom. The number of nitrogens with zero attached hydrogens (tertiary/aromatic N) is 2. The number of benzene rings is 1. The number of carboxylic acid groups (broad SMARTS) is 1. The van der Waals surface area contributed by atoms with Gasteiger partial charge in [0, 0.05) is 28.1 Å². The molecule has 2 unspecified atom stereocenters. The zero-order chi connectivity index (χ0) is 28.8. The first-order chi connectivity index (χ1) is 19.6. The number of fused-ring (bicyclic) bond motifs is 1. The monoisotopic (exact) mass is 641 g/mol. The number of allylic oxidation sites excluding steroid dienone is 2. The van der Waals surface area contributed by atoms with Gasteiger partial charge in [-0.05, 0) is 66.4 Å². The van der Waals surface area contributed by atoms with Gasteiger partial charge in [-0.25, -0.2) is 9.97 Å². The number of carboxylic acids is 1. The molecule has 0 saturated carbocycles. The Hall–Kier alpha value is -2.70. The number of rotatable bonds is 6. The van der Waals surface area contributed by atoms with Crippen LogP contribution < -0.4 is 10.1 Å². The third-order valence-electron chi connectivity index (χ3n) is 8.11. The zero-order valence-corrected chi connectivity index (χ0v) is 24.6. The molecule has 0 bridgehead atoms. The van der Waals surface area contributed by atoms with Crippen LogP contribution in [0.25, 0.3) is 21.4 Å². The number of ether oxygens (including phenoxy) is 2. The summed E-state index contributed by atoms with van der Waals surface area (Å²) in [5.41, 5.74) is 3.23. The second-order valence-corrected chi connectivity index (χ2v) is 12.1. The number of thiophene rings is 1. The molecule has 224 valence electrons. The van der Waals surface area contributed by atoms with Gasteiger partial charge in [0.1, 0.15) is 17.1 Å². The fourth-order valence-corrected chi connectivity index (χ4v) is 7.11. The summed E-state index contributed by atoms with van der Waals surface area (Å²) in [5, 5.41) is 14.7. The van der Waals surface area contributed by atoms with Gasteiger partial charge in [0.25, 0.3) is 0 Å². The highest BCUT2D eigenvalue weighted by Crippen LogP contribution is 2.47. The summed E-state index contributed by atoms with van der Waals surface area (Å²) >= 11 is 7.43. The quantitative estimate of drug-likeness (QED) is 0.293. The molecule has 2 aromatic heterocycles. The van der Waals surface area contributed by atoms with Crippen molar-refractivity contribution < 1.29 is 32.5 Å². The number of aliphatic carboxylic acids is 1. The molecule has 1 aromatic carbocycles. The smallest absolute Gasteiger partial charge is 0.429 e. The van der Waals surface area contributed by atoms with Crippen molar-refractivity contribution in [2.45, 2.75) is 50.4 Å². The predicted octanol–water partition coefficient (Wildman–Crippen LogP) is 7.25. The Kier molecular flexibility index (Phi) is 8.87. The Balaban J connectivity index is 0.00000353. The van der Waals surface area contributed by atoms with Crippen LogP contribution in [0.5, 0.6) is 5.88 Å². The molecule has 4 heterocycles. The molecule has 1 fully saturated rings. The largest absolute Gasteiger partial charge is 0.480 e. The Labute approximate surface area is 255 Å². The van der Waals surface area contributed by atoms with Crippen LogP contribution in [0.1, 0.15) is 54.9 Å². The number of hydrogen-bond acceptors (Lipinski definition) is 7. The van der Waals surface area contributed by atoms with E-state index in [0.29, 0.717) is 52.4 Å². The van der Waals surface area contributed by atoms with Gasteiger partial charge >= 0.3 is 12.1 Å². The van der Waals surface area contributed by atoms with Gasteiger partial charge in [-0.2, -0.15) is 13.2 Å². The van der Waals surface area contributed by atoms with Gasteiger partial charge < -0.3 is 19.9 Å². The minimum absolute atomic E-state index is 0. The molecule has 7 nitrogen and oxygen atoms in total. The lowest BCUT2D eigenvalue weighted by atomic mass is 9.72. The maximum Gasteiger partial charge on any atom is 0.429 e. The summed E-state index contributed by atoms with van der Waals surface area (Å²) in [4.78, 5) is 19.9. The molecule has 2 aliphatic heterocycles. The summed E-state index contributed by atoms with van der Waals surface area (Å²) in [6, 6.07) is 3.74. The topological polar surface area (TPSA) is 93.6 Å². The third-order valence-corrected chi connectivity index (χ3v) is 9.31. The van der Waals surface area contributed by atoms with Crippen molar-refractivity contribution >= 4 is 62.7 Å². The average Bonchev–Trinajstić information content (AvgIpc) is 3.58. The van der Waals surface area contributed by atoms with E-state index in [1.54, 1.807) is 0 Å². The van der Waals surface area contributed by atoms with Crippen LogP contribution in [-0.2, 0) is 9.53 Å². The molecule has 1 aliphatic carbocycles. The molecular formula is C29H28Cl2F3N3O4S. The highest BCUT2D eigenvalue weighted by atomic mass is 35.5. The van der Waals surface area contributed by atoms with Gasteiger partial charge in [0.05, 0.1) is 18.7 Å². The zero-order valence-electron chi connectivity index (χ0n) is 22.2. The average molecular weight is 643 g/mol. The predicted molar refractivity (Wildman–Crippen MR) is 157 cm³/mol. The molecular weight excluding hydrogens is 614 g/mol. The van der Waals surface area contributed by atoms with Crippen molar-refractivity contribution in [1.82, 2.24) is 15.3 Å². The minimum atomic E-state index is -4.74. The van der Waals surface area contributed by atoms with Gasteiger partial charge in [-0.1, -0.05) is 29.8 Å². The second-order valence-electron chi connectivity index (χ2n) is 10.8. The highest BCUT2D eigenvalue weighted by Gasteiger charge is 2.45. The summed E-state index contributed by atoms with van der Waals surface area (Å²) in [7, 11) is 0. The Morgan fingerprint density at radius 3 is 2.74 bits per heavy atom. The first-order valence-corrected chi connectivity index (χ1v) is 14.6. The SMILES string of the molecule is Cl.O=C(O)C1CC2(CC=C(c3csc4c(O[C@H](c5ccc(Cl)cc5C5=CCCOC5)C(F)(F)F)ncnc34)CC2)CN1. The number of aromatic nitrogens is 2. The van der Waals surface area contributed by atoms with Gasteiger partial charge in [-0.15, -0.1) is 23.7 Å². The first-order valence-electron chi connectivity index (χ1n) is 13.3. The molecule has 3 aromatic rings. The number of carbonyl (C=O) groups is 1. The van der Waals surface area contributed by atoms with E-state index in [-0.39, 0.29) is 35.9 Å². The maximum absolute atomic E-state index is 14.6. The van der Waals surface area contributed by atoms with Crippen molar-refractivity contribution in [1.29, 1.82) is 0 Å². The van der Waals surface area contributed by atoms with Crippen LogP contribution in [-0.4, -0.2) is 53.0 Å². The van der Waals surface area contributed by atoms with E-state index < -0.39 is 24.3 Å². The van der Waals surface area contributed by atoms with Crippen molar-refractivity contribution in [2.75, 3.05) is 19.8 Å². The number of alkyl halides is 3. The van der Waals surface area contributed by atoms with Crippen molar-refractivity contribution in [3.63, 3.8) is 0 Å². The fourth-order valence-electron chi connectivity index (χ4n) is 5.97.